The normalized spacial score (nSPS) is 16.4. The lowest BCUT2D eigenvalue weighted by Crippen LogP contribution is -2.45. The minimum absolute atomic E-state index is 0.364. The number of aryl methyl sites for hydroxylation is 4. The molecule has 202 valence electrons. The molecule has 5 heterocycles. The molecule has 1 aromatic carbocycles. The Morgan fingerprint density at radius 3 is 2.46 bits per heavy atom. The van der Waals surface area contributed by atoms with Crippen molar-refractivity contribution < 1.29 is 9.26 Å². The van der Waals surface area contributed by atoms with E-state index in [0.29, 0.717) is 12.0 Å². The molecule has 1 saturated carbocycles. The molecule has 0 unspecified atom stereocenters. The van der Waals surface area contributed by atoms with Gasteiger partial charge in [-0.1, -0.05) is 5.16 Å². The van der Waals surface area contributed by atoms with E-state index >= 15 is 0 Å². The van der Waals surface area contributed by atoms with Gasteiger partial charge in [-0.25, -0.2) is 14.6 Å². The monoisotopic (exact) mass is 526 g/mol. The number of hydrogen-bond donors (Lipinski definition) is 0. The summed E-state index contributed by atoms with van der Waals surface area (Å²) in [6, 6.07) is 6.88. The third-order valence-electron chi connectivity index (χ3n) is 8.33. The molecule has 0 spiro atoms. The summed E-state index contributed by atoms with van der Waals surface area (Å²) in [6.45, 7) is 7.85. The van der Waals surface area contributed by atoms with Crippen LogP contribution >= 0.6 is 0 Å². The third kappa shape index (κ3) is 3.65. The zero-order valence-electron chi connectivity index (χ0n) is 23.6. The van der Waals surface area contributed by atoms with E-state index < -0.39 is 0 Å². The first-order chi connectivity index (χ1) is 18.7. The molecule has 39 heavy (non-hydrogen) atoms. The van der Waals surface area contributed by atoms with Crippen molar-refractivity contribution >= 4 is 33.6 Å². The first kappa shape index (κ1) is 24.1. The molecule has 10 heteroatoms. The second-order valence-electron chi connectivity index (χ2n) is 11.2. The van der Waals surface area contributed by atoms with Gasteiger partial charge in [-0.15, -0.1) is 0 Å². The Morgan fingerprint density at radius 1 is 1.05 bits per heavy atom. The van der Waals surface area contributed by atoms with Gasteiger partial charge in [0.1, 0.15) is 34.6 Å². The van der Waals surface area contributed by atoms with E-state index in [0.717, 1.165) is 80.8 Å². The first-order valence-corrected chi connectivity index (χ1v) is 13.5. The Morgan fingerprint density at radius 2 is 1.82 bits per heavy atom. The molecular formula is C29H34N8O2. The molecule has 1 aliphatic heterocycles. The highest BCUT2D eigenvalue weighted by Crippen LogP contribution is 2.45. The summed E-state index contributed by atoms with van der Waals surface area (Å²) < 4.78 is 15.8. The van der Waals surface area contributed by atoms with E-state index in [-0.39, 0.29) is 0 Å². The summed E-state index contributed by atoms with van der Waals surface area (Å²) in [7, 11) is 8.02. The van der Waals surface area contributed by atoms with Crippen LogP contribution in [-0.2, 0) is 7.05 Å². The van der Waals surface area contributed by atoms with Gasteiger partial charge in [0.2, 0.25) is 0 Å². The molecular weight excluding hydrogens is 492 g/mol. The molecule has 0 atom stereocenters. The van der Waals surface area contributed by atoms with Crippen LogP contribution in [0.4, 0.5) is 11.6 Å². The van der Waals surface area contributed by atoms with Gasteiger partial charge in [0.15, 0.2) is 0 Å². The van der Waals surface area contributed by atoms with Gasteiger partial charge in [0.25, 0.3) is 0 Å². The van der Waals surface area contributed by atoms with Crippen LogP contribution in [0.5, 0.6) is 5.75 Å². The quantitative estimate of drug-likeness (QED) is 0.304. The molecule has 4 aromatic heterocycles. The molecule has 2 aliphatic rings. The maximum absolute atomic E-state index is 5.92. The molecule has 2 fully saturated rings. The predicted octanol–water partition coefficient (Wildman–Crippen LogP) is 5.04. The Labute approximate surface area is 227 Å². The maximum atomic E-state index is 5.92. The Balaban J connectivity index is 1.45. The van der Waals surface area contributed by atoms with Gasteiger partial charge < -0.3 is 23.6 Å². The van der Waals surface area contributed by atoms with Crippen molar-refractivity contribution in [1.82, 2.24) is 34.4 Å². The third-order valence-corrected chi connectivity index (χ3v) is 8.33. The van der Waals surface area contributed by atoms with Crippen LogP contribution in [0.2, 0.25) is 0 Å². The fraction of sp³-hybridized carbons (Fsp3) is 0.448. The van der Waals surface area contributed by atoms with Crippen molar-refractivity contribution in [3.8, 4) is 16.9 Å². The second kappa shape index (κ2) is 8.54. The fourth-order valence-corrected chi connectivity index (χ4v) is 6.09. The van der Waals surface area contributed by atoms with Crippen LogP contribution in [0.25, 0.3) is 33.1 Å². The lowest BCUT2D eigenvalue weighted by Gasteiger charge is -2.37. The highest BCUT2D eigenvalue weighted by atomic mass is 16.5. The van der Waals surface area contributed by atoms with Crippen molar-refractivity contribution in [1.29, 1.82) is 0 Å². The van der Waals surface area contributed by atoms with Gasteiger partial charge >= 0.3 is 0 Å². The summed E-state index contributed by atoms with van der Waals surface area (Å²) in [5.74, 6) is 4.77. The zero-order chi connectivity index (χ0) is 27.2. The number of methoxy groups -OCH3 is 1. The van der Waals surface area contributed by atoms with Gasteiger partial charge in [-0.3, -0.25) is 0 Å². The van der Waals surface area contributed by atoms with Crippen molar-refractivity contribution in [2.45, 2.75) is 45.6 Å². The van der Waals surface area contributed by atoms with E-state index in [1.54, 1.807) is 7.11 Å². The lowest BCUT2D eigenvalue weighted by molar-refractivity contribution is 0.131. The zero-order valence-corrected chi connectivity index (χ0v) is 23.6. The number of hydrogen-bond acceptors (Lipinski definition) is 8. The number of fused-ring (bicyclic) bond motifs is 3. The fourth-order valence-electron chi connectivity index (χ4n) is 6.09. The Hall–Kier alpha value is -3.92. The summed E-state index contributed by atoms with van der Waals surface area (Å²) in [6.07, 6.45) is 2.44. The molecule has 1 aliphatic carbocycles. The van der Waals surface area contributed by atoms with Crippen molar-refractivity contribution in [2.24, 2.45) is 7.05 Å². The highest BCUT2D eigenvalue weighted by Gasteiger charge is 2.34. The van der Waals surface area contributed by atoms with Crippen LogP contribution in [-0.4, -0.2) is 68.7 Å². The highest BCUT2D eigenvalue weighted by molar-refractivity contribution is 6.14. The molecule has 10 nitrogen and oxygen atoms in total. The van der Waals surface area contributed by atoms with E-state index in [4.69, 9.17) is 24.3 Å². The summed E-state index contributed by atoms with van der Waals surface area (Å²) in [4.78, 5) is 14.4. The van der Waals surface area contributed by atoms with E-state index in [2.05, 4.69) is 63.5 Å². The minimum atomic E-state index is 0.364. The van der Waals surface area contributed by atoms with Gasteiger partial charge in [0.05, 0.1) is 41.0 Å². The van der Waals surface area contributed by atoms with Crippen LogP contribution in [0, 0.1) is 20.8 Å². The van der Waals surface area contributed by atoms with E-state index in [9.17, 15) is 0 Å². The topological polar surface area (TPSA) is 90.3 Å². The molecule has 0 amide bonds. The molecule has 5 aromatic rings. The number of likely N-dealkylation sites (N-methyl/N-ethyl adjacent to an activating group) is 1. The SMILES string of the molecule is COc1cc2c3c(N(C)c4cc(C5CC5)nn4C4CN(C)C4)nc(C)nc3n(C)c2cc1-c1c(C)noc1C. The Kier molecular flexibility index (Phi) is 5.29. The van der Waals surface area contributed by atoms with Crippen molar-refractivity contribution in [3.05, 3.63) is 41.2 Å². The molecule has 1 saturated heterocycles. The van der Waals surface area contributed by atoms with E-state index in [1.807, 2.05) is 20.8 Å². The van der Waals surface area contributed by atoms with Crippen molar-refractivity contribution in [2.75, 3.05) is 39.2 Å². The van der Waals surface area contributed by atoms with Crippen molar-refractivity contribution in [3.63, 3.8) is 0 Å². The summed E-state index contributed by atoms with van der Waals surface area (Å²) in [5, 5.41) is 11.3. The average molecular weight is 527 g/mol. The largest absolute Gasteiger partial charge is 0.496 e. The number of anilines is 2. The van der Waals surface area contributed by atoms with Crippen LogP contribution in [0.1, 0.15) is 47.8 Å². The van der Waals surface area contributed by atoms with Crippen LogP contribution < -0.4 is 9.64 Å². The van der Waals surface area contributed by atoms with Crippen LogP contribution in [0.15, 0.2) is 22.7 Å². The standard InChI is InChI=1S/C29H34N8O2/c1-15-26(16(2)39-33-15)21-10-23-20(11-24(21)38-7)27-28(35(23)5)30-17(3)31-29(27)36(6)25-12-22(18-8-9-18)32-37(25)19-13-34(4)14-19/h10-12,18-19H,8-9,13-14H2,1-7H3. The van der Waals surface area contributed by atoms with E-state index in [1.165, 1.54) is 18.5 Å². The number of aromatic nitrogens is 6. The smallest absolute Gasteiger partial charge is 0.147 e. The number of benzene rings is 1. The Bertz CT molecular complexity index is 1730. The first-order valence-electron chi connectivity index (χ1n) is 13.5. The second-order valence-corrected chi connectivity index (χ2v) is 11.2. The molecule has 0 radical (unpaired) electrons. The van der Waals surface area contributed by atoms with Gasteiger partial charge in [-0.05, 0) is 52.8 Å². The molecule has 0 bridgehead atoms. The number of nitrogens with zero attached hydrogens (tertiary/aromatic N) is 8. The summed E-state index contributed by atoms with van der Waals surface area (Å²) >= 11 is 0. The molecule has 7 rings (SSSR count). The molecule has 0 N–H and O–H groups in total. The van der Waals surface area contributed by atoms with Gasteiger partial charge in [-0.2, -0.15) is 5.10 Å². The van der Waals surface area contributed by atoms with Crippen LogP contribution in [0.3, 0.4) is 0 Å². The number of likely N-dealkylation sites (tertiary alicyclic amines) is 1. The lowest BCUT2D eigenvalue weighted by atomic mass is 10.0. The van der Waals surface area contributed by atoms with Gasteiger partial charge in [0, 0.05) is 50.1 Å². The minimum Gasteiger partial charge on any atom is -0.496 e. The summed E-state index contributed by atoms with van der Waals surface area (Å²) in [5.41, 5.74) is 5.87. The predicted molar refractivity (Wildman–Crippen MR) is 151 cm³/mol. The number of rotatable bonds is 6. The average Bonchev–Trinajstić information content (AvgIpc) is 3.50. The maximum Gasteiger partial charge on any atom is 0.147 e. The number of ether oxygens (including phenoxy) is 1.